The highest BCUT2D eigenvalue weighted by Gasteiger charge is 2.39. The number of hydrogen-bond acceptors (Lipinski definition) is 0. The quantitative estimate of drug-likeness (QED) is 0.486. The third-order valence-corrected chi connectivity index (χ3v) is 3.28. The Morgan fingerprint density at radius 1 is 1.60 bits per heavy atom. The summed E-state index contributed by atoms with van der Waals surface area (Å²) >= 11 is 0. The molecule has 0 aromatic rings. The van der Waals surface area contributed by atoms with Crippen molar-refractivity contribution in [3.05, 3.63) is 11.6 Å². The van der Waals surface area contributed by atoms with E-state index in [9.17, 15) is 0 Å². The lowest BCUT2D eigenvalue weighted by molar-refractivity contribution is 0.147. The topological polar surface area (TPSA) is 0 Å². The maximum atomic E-state index is 2.54. The molecule has 0 amide bonds. The van der Waals surface area contributed by atoms with Crippen molar-refractivity contribution in [2.75, 3.05) is 0 Å². The van der Waals surface area contributed by atoms with Gasteiger partial charge >= 0.3 is 0 Å². The van der Waals surface area contributed by atoms with Crippen LogP contribution in [0.1, 0.15) is 33.1 Å². The SMILES string of the molecule is CCC1=CC2C(C)CC2C1. The highest BCUT2D eigenvalue weighted by Crippen LogP contribution is 2.49. The third kappa shape index (κ3) is 0.744. The van der Waals surface area contributed by atoms with Gasteiger partial charge in [-0.3, -0.25) is 0 Å². The maximum Gasteiger partial charge on any atom is -0.0173 e. The summed E-state index contributed by atoms with van der Waals surface area (Å²) < 4.78 is 0. The molecule has 56 valence electrons. The summed E-state index contributed by atoms with van der Waals surface area (Å²) in [6, 6.07) is 0. The van der Waals surface area contributed by atoms with Gasteiger partial charge in [0.25, 0.3) is 0 Å². The molecule has 10 heavy (non-hydrogen) atoms. The average molecular weight is 136 g/mol. The standard InChI is InChI=1S/C10H16/c1-3-8-5-9-4-7(2)10(9)6-8/h6-7,9-10H,3-5H2,1-2H3. The van der Waals surface area contributed by atoms with Gasteiger partial charge in [0, 0.05) is 0 Å². The molecule has 0 heteroatoms. The predicted molar refractivity (Wildman–Crippen MR) is 43.8 cm³/mol. The van der Waals surface area contributed by atoms with Gasteiger partial charge in [0.15, 0.2) is 0 Å². The lowest BCUT2D eigenvalue weighted by Gasteiger charge is -2.37. The zero-order valence-corrected chi connectivity index (χ0v) is 6.93. The Kier molecular flexibility index (Phi) is 1.36. The van der Waals surface area contributed by atoms with Gasteiger partial charge in [-0.2, -0.15) is 0 Å². The fourth-order valence-corrected chi connectivity index (χ4v) is 2.52. The van der Waals surface area contributed by atoms with Crippen LogP contribution in [0.25, 0.3) is 0 Å². The monoisotopic (exact) mass is 136 g/mol. The first-order valence-corrected chi connectivity index (χ1v) is 4.50. The second-order valence-corrected chi connectivity index (χ2v) is 3.93. The highest BCUT2D eigenvalue weighted by molar-refractivity contribution is 5.18. The van der Waals surface area contributed by atoms with Crippen molar-refractivity contribution >= 4 is 0 Å². The van der Waals surface area contributed by atoms with Crippen molar-refractivity contribution in [3.63, 3.8) is 0 Å². The van der Waals surface area contributed by atoms with Gasteiger partial charge < -0.3 is 0 Å². The van der Waals surface area contributed by atoms with Crippen LogP contribution in [0.15, 0.2) is 11.6 Å². The second-order valence-electron chi connectivity index (χ2n) is 3.93. The van der Waals surface area contributed by atoms with Gasteiger partial charge in [-0.15, -0.1) is 0 Å². The van der Waals surface area contributed by atoms with Crippen LogP contribution < -0.4 is 0 Å². The summed E-state index contributed by atoms with van der Waals surface area (Å²) in [5.74, 6) is 3.04. The number of allylic oxidation sites excluding steroid dienone is 2. The molecule has 0 N–H and O–H groups in total. The number of hydrogen-bond donors (Lipinski definition) is 0. The van der Waals surface area contributed by atoms with E-state index >= 15 is 0 Å². The van der Waals surface area contributed by atoms with Gasteiger partial charge in [-0.25, -0.2) is 0 Å². The summed E-state index contributed by atoms with van der Waals surface area (Å²) in [6.45, 7) is 4.66. The normalized spacial score (nSPS) is 44.2. The Labute approximate surface area is 63.3 Å². The molecule has 0 heterocycles. The summed E-state index contributed by atoms with van der Waals surface area (Å²) in [6.07, 6.45) is 6.74. The Morgan fingerprint density at radius 2 is 2.40 bits per heavy atom. The van der Waals surface area contributed by atoms with Crippen molar-refractivity contribution in [1.29, 1.82) is 0 Å². The van der Waals surface area contributed by atoms with Crippen LogP contribution in [0.2, 0.25) is 0 Å². The fraction of sp³-hybridized carbons (Fsp3) is 0.800. The molecule has 2 aliphatic rings. The van der Waals surface area contributed by atoms with Crippen molar-refractivity contribution < 1.29 is 0 Å². The van der Waals surface area contributed by atoms with Gasteiger partial charge in [0.2, 0.25) is 0 Å². The van der Waals surface area contributed by atoms with Crippen LogP contribution in [-0.4, -0.2) is 0 Å². The van der Waals surface area contributed by atoms with E-state index < -0.39 is 0 Å². The van der Waals surface area contributed by atoms with Crippen molar-refractivity contribution in [2.45, 2.75) is 33.1 Å². The molecule has 2 aliphatic carbocycles. The smallest absolute Gasteiger partial charge is 0.0173 e. The van der Waals surface area contributed by atoms with E-state index in [1.54, 1.807) is 5.57 Å². The minimum Gasteiger partial charge on any atom is -0.0817 e. The molecule has 0 spiro atoms. The van der Waals surface area contributed by atoms with Crippen LogP contribution in [-0.2, 0) is 0 Å². The largest absolute Gasteiger partial charge is 0.0817 e. The summed E-state index contributed by atoms with van der Waals surface area (Å²) in [7, 11) is 0. The van der Waals surface area contributed by atoms with Crippen LogP contribution in [0.4, 0.5) is 0 Å². The first-order valence-electron chi connectivity index (χ1n) is 4.50. The molecule has 0 nitrogen and oxygen atoms in total. The van der Waals surface area contributed by atoms with Gasteiger partial charge in [-0.1, -0.05) is 25.5 Å². The molecule has 0 aliphatic heterocycles. The van der Waals surface area contributed by atoms with E-state index in [-0.39, 0.29) is 0 Å². The minimum absolute atomic E-state index is 0.981. The molecule has 3 unspecified atom stereocenters. The van der Waals surface area contributed by atoms with E-state index in [0.29, 0.717) is 0 Å². The molecule has 0 radical (unpaired) electrons. The van der Waals surface area contributed by atoms with Crippen LogP contribution in [0, 0.1) is 17.8 Å². The molecule has 1 fully saturated rings. The summed E-state index contributed by atoms with van der Waals surface area (Å²) in [4.78, 5) is 0. The Balaban J connectivity index is 2.05. The zero-order chi connectivity index (χ0) is 7.14. The fourth-order valence-electron chi connectivity index (χ4n) is 2.52. The van der Waals surface area contributed by atoms with E-state index in [1.807, 2.05) is 0 Å². The van der Waals surface area contributed by atoms with Crippen LogP contribution >= 0.6 is 0 Å². The van der Waals surface area contributed by atoms with E-state index in [0.717, 1.165) is 17.8 Å². The number of fused-ring (bicyclic) bond motifs is 1. The van der Waals surface area contributed by atoms with Gasteiger partial charge in [0.1, 0.15) is 0 Å². The Morgan fingerprint density at radius 3 is 2.90 bits per heavy atom. The molecule has 0 aromatic heterocycles. The van der Waals surface area contributed by atoms with E-state index in [4.69, 9.17) is 0 Å². The van der Waals surface area contributed by atoms with Gasteiger partial charge in [-0.05, 0) is 37.0 Å². The minimum atomic E-state index is 0.981. The first kappa shape index (κ1) is 6.45. The van der Waals surface area contributed by atoms with Crippen LogP contribution in [0.3, 0.4) is 0 Å². The summed E-state index contributed by atoms with van der Waals surface area (Å²) in [5.41, 5.74) is 1.72. The van der Waals surface area contributed by atoms with Crippen molar-refractivity contribution in [1.82, 2.24) is 0 Å². The molecule has 0 saturated heterocycles. The zero-order valence-electron chi connectivity index (χ0n) is 6.93. The molecule has 2 rings (SSSR count). The lowest BCUT2D eigenvalue weighted by atomic mass is 9.68. The molecular formula is C10H16. The maximum absolute atomic E-state index is 2.54. The van der Waals surface area contributed by atoms with Crippen LogP contribution in [0.5, 0.6) is 0 Å². The Bertz CT molecular complexity index is 167. The number of rotatable bonds is 1. The van der Waals surface area contributed by atoms with Gasteiger partial charge in [0.05, 0.1) is 0 Å². The average Bonchev–Trinajstić information content (AvgIpc) is 2.26. The van der Waals surface area contributed by atoms with E-state index in [1.165, 1.54) is 19.3 Å². The predicted octanol–water partition coefficient (Wildman–Crippen LogP) is 3.00. The Hall–Kier alpha value is -0.260. The van der Waals surface area contributed by atoms with Crippen molar-refractivity contribution in [2.24, 2.45) is 17.8 Å². The molecule has 3 atom stereocenters. The molecule has 0 aromatic carbocycles. The highest BCUT2D eigenvalue weighted by atomic mass is 14.4. The third-order valence-electron chi connectivity index (χ3n) is 3.28. The van der Waals surface area contributed by atoms with Crippen molar-refractivity contribution in [3.8, 4) is 0 Å². The molecule has 0 bridgehead atoms. The van der Waals surface area contributed by atoms with E-state index in [2.05, 4.69) is 19.9 Å². The molecule has 1 saturated carbocycles. The lowest BCUT2D eigenvalue weighted by Crippen LogP contribution is -2.29. The first-order chi connectivity index (χ1) is 4.81. The summed E-state index contributed by atoms with van der Waals surface area (Å²) in [5, 5.41) is 0. The second kappa shape index (κ2) is 2.11. The molecular weight excluding hydrogens is 120 g/mol.